The van der Waals surface area contributed by atoms with E-state index in [4.69, 9.17) is 32.3 Å². The van der Waals surface area contributed by atoms with Crippen LogP contribution >= 0.6 is 15.6 Å². The Morgan fingerprint density at radius 2 is 0.485 bits per heavy atom. The maximum atomic E-state index is 13.0. The van der Waals surface area contributed by atoms with Crippen LogP contribution in [0.15, 0.2) is 158 Å². The number of hydrogen-bond acceptors (Lipinski definition) is 14. The Labute approximate surface area is 625 Å². The van der Waals surface area contributed by atoms with Gasteiger partial charge in [0.15, 0.2) is 6.10 Å². The van der Waals surface area contributed by atoms with E-state index in [1.54, 1.807) is 0 Å². The zero-order chi connectivity index (χ0) is 75.2. The average Bonchev–Trinajstić information content (AvgIpc) is 0.916. The minimum Gasteiger partial charge on any atom is -0.463 e. The molecule has 16 nitrogen and oxygen atoms in total. The molecule has 0 aromatic heterocycles. The van der Waals surface area contributed by atoms with Crippen molar-refractivity contribution < 1.29 is 75.8 Å². The summed E-state index contributed by atoms with van der Waals surface area (Å²) in [7, 11) is -9.80. The first kappa shape index (κ1) is 98.2. The lowest BCUT2D eigenvalue weighted by molar-refractivity contribution is -0.161. The van der Waals surface area contributed by atoms with E-state index in [9.17, 15) is 43.5 Å². The third-order valence-electron chi connectivity index (χ3n) is 16.2. The lowest BCUT2D eigenvalue weighted by Crippen LogP contribution is -2.30. The van der Waals surface area contributed by atoms with Crippen molar-refractivity contribution in [2.45, 2.75) is 322 Å². The second kappa shape index (κ2) is 76.8. The molecule has 0 saturated carbocycles. The van der Waals surface area contributed by atoms with Gasteiger partial charge in [-0.25, -0.2) is 9.13 Å². The second-order valence-corrected chi connectivity index (χ2v) is 29.0. The molecule has 4 N–H and O–H groups in total. The quantitative estimate of drug-likeness (QED) is 0.0146. The van der Waals surface area contributed by atoms with Gasteiger partial charge in [0.25, 0.3) is 0 Å². The fourth-order valence-corrected chi connectivity index (χ4v) is 11.9. The summed E-state index contributed by atoms with van der Waals surface area (Å²) in [6.07, 6.45) is 95.9. The van der Waals surface area contributed by atoms with Crippen molar-refractivity contribution in [3.63, 3.8) is 0 Å². The van der Waals surface area contributed by atoms with Gasteiger partial charge >= 0.3 is 33.6 Å². The molecule has 0 aromatic rings. The van der Waals surface area contributed by atoms with E-state index in [1.165, 1.54) is 64.2 Å². The van der Waals surface area contributed by atoms with E-state index in [0.717, 1.165) is 180 Å². The number of esters is 3. The highest BCUT2D eigenvalue weighted by Gasteiger charge is 2.29. The third kappa shape index (κ3) is 78.1. The first-order valence-corrected chi connectivity index (χ1v) is 42.8. The summed E-state index contributed by atoms with van der Waals surface area (Å²) >= 11 is 0. The van der Waals surface area contributed by atoms with Crippen molar-refractivity contribution >= 4 is 33.6 Å². The summed E-state index contributed by atoms with van der Waals surface area (Å²) in [6.45, 7) is 2.30. The van der Waals surface area contributed by atoms with Crippen LogP contribution in [-0.2, 0) is 55.8 Å². The number of carbonyl (C=O) groups is 3. The molecule has 0 heterocycles. The fraction of sp³-hybridized carbons (Fsp3) is 0.659. The molecule has 0 saturated heterocycles. The van der Waals surface area contributed by atoms with Crippen LogP contribution in [0.5, 0.6) is 0 Å². The van der Waals surface area contributed by atoms with E-state index >= 15 is 0 Å². The molecule has 0 radical (unpaired) electrons. The number of rotatable bonds is 74. The molecular weight excluding hydrogens is 1340 g/mol. The largest absolute Gasteiger partial charge is 0.472 e. The van der Waals surface area contributed by atoms with Crippen molar-refractivity contribution in [1.82, 2.24) is 0 Å². The topological polar surface area (TPSA) is 231 Å². The van der Waals surface area contributed by atoms with Crippen molar-refractivity contribution in [3.8, 4) is 0 Å². The number of aliphatic hydroxyl groups is 2. The van der Waals surface area contributed by atoms with Gasteiger partial charge in [-0.2, -0.15) is 0 Å². The third-order valence-corrected chi connectivity index (χ3v) is 18.1. The molecule has 0 bridgehead atoms. The van der Waals surface area contributed by atoms with Gasteiger partial charge in [0.1, 0.15) is 25.4 Å². The maximum absolute atomic E-state index is 13.0. The van der Waals surface area contributed by atoms with Crippen molar-refractivity contribution in [2.75, 3.05) is 39.6 Å². The molecule has 588 valence electrons. The van der Waals surface area contributed by atoms with Gasteiger partial charge in [0.05, 0.1) is 26.4 Å². The highest BCUT2D eigenvalue weighted by molar-refractivity contribution is 7.47. The summed E-state index contributed by atoms with van der Waals surface area (Å²) < 4.78 is 61.1. The zero-order valence-corrected chi connectivity index (χ0v) is 66.0. The van der Waals surface area contributed by atoms with E-state index in [0.29, 0.717) is 19.3 Å². The molecule has 18 heteroatoms. The number of hydrogen-bond donors (Lipinski definition) is 4. The Morgan fingerprint density at radius 3 is 0.767 bits per heavy atom. The first-order chi connectivity index (χ1) is 50.2. The predicted molar refractivity (Wildman–Crippen MR) is 426 cm³/mol. The lowest BCUT2D eigenvalue weighted by atomic mass is 10.0. The number of phosphoric ester groups is 2. The highest BCUT2D eigenvalue weighted by atomic mass is 31.2. The molecule has 0 aliphatic rings. The van der Waals surface area contributed by atoms with E-state index < -0.39 is 91.5 Å². The molecule has 103 heavy (non-hydrogen) atoms. The van der Waals surface area contributed by atoms with Gasteiger partial charge in [-0.1, -0.05) is 301 Å². The minimum atomic E-state index is -4.94. The summed E-state index contributed by atoms with van der Waals surface area (Å²) in [5, 5.41) is 20.6. The molecule has 0 aliphatic heterocycles. The smallest absolute Gasteiger partial charge is 0.463 e. The lowest BCUT2D eigenvalue weighted by Gasteiger charge is -2.21. The van der Waals surface area contributed by atoms with E-state index in [1.807, 2.05) is 0 Å². The first-order valence-electron chi connectivity index (χ1n) is 39.8. The van der Waals surface area contributed by atoms with Crippen molar-refractivity contribution in [2.24, 2.45) is 0 Å². The van der Waals surface area contributed by atoms with Gasteiger partial charge in [0.2, 0.25) is 0 Å². The number of allylic oxidation sites excluding steroid dienone is 26. The summed E-state index contributed by atoms with van der Waals surface area (Å²) in [6, 6.07) is 0. The van der Waals surface area contributed by atoms with Crippen LogP contribution in [0.3, 0.4) is 0 Å². The van der Waals surface area contributed by atoms with Gasteiger partial charge in [-0.3, -0.25) is 32.5 Å². The Morgan fingerprint density at radius 1 is 0.272 bits per heavy atom. The molecule has 0 aromatic carbocycles. The van der Waals surface area contributed by atoms with Crippen LogP contribution in [0.25, 0.3) is 0 Å². The Balaban J connectivity index is 4.47. The predicted octanol–water partition coefficient (Wildman–Crippen LogP) is 23.4. The van der Waals surface area contributed by atoms with Gasteiger partial charge in [0, 0.05) is 19.3 Å². The normalized spacial score (nSPS) is 14.8. The zero-order valence-electron chi connectivity index (χ0n) is 64.2. The number of carbonyl (C=O) groups excluding carboxylic acids is 3. The molecule has 0 amide bonds. The van der Waals surface area contributed by atoms with E-state index in [2.05, 4.69) is 179 Å². The summed E-state index contributed by atoms with van der Waals surface area (Å²) in [5.74, 6) is -1.61. The molecule has 5 unspecified atom stereocenters. The molecule has 0 fully saturated rings. The second-order valence-electron chi connectivity index (χ2n) is 26.1. The van der Waals surface area contributed by atoms with Crippen LogP contribution in [0.1, 0.15) is 303 Å². The summed E-state index contributed by atoms with van der Waals surface area (Å²) in [4.78, 5) is 58.6. The molecule has 5 atom stereocenters. The fourth-order valence-electron chi connectivity index (χ4n) is 10.3. The van der Waals surface area contributed by atoms with Crippen molar-refractivity contribution in [1.29, 1.82) is 0 Å². The van der Waals surface area contributed by atoms with Crippen LogP contribution in [-0.4, -0.2) is 95.9 Å². The standard InChI is InChI=1S/C85H142O16P2/c1-4-7-10-13-16-19-22-25-28-30-32-33-34-35-36-37-38-39-40-41-42-43-44-45-47-49-51-53-56-59-62-65-68-71-83(88)95-74-80(86)75-97-102(91,92)98-76-81(87)77-99-103(93,94)100-79-82(101-85(90)73-70-67-64-61-58-55-50-27-24-21-18-15-12-9-6-3)78-96-84(89)72-69-66-63-60-57-54-52-48-46-31-29-26-23-20-17-14-11-8-5-2/h7-12,16-21,25-29,32-33,35-36,38-39,46,48,50,80-82,86-87H,4-6,13-15,22-24,30-31,34,37,40-45,47,49,51-79H2,1-3H3,(H,91,92)(H,93,94)/b10-7-,11-8-,12-9-,19-16-,20-17-,21-18-,28-25-,29-26-,33-32-,36-35-,39-38-,48-46-,50-27-. The van der Waals surface area contributed by atoms with E-state index in [-0.39, 0.29) is 19.3 Å². The maximum Gasteiger partial charge on any atom is 0.472 e. The van der Waals surface area contributed by atoms with Crippen LogP contribution in [0.2, 0.25) is 0 Å². The Kier molecular flexibility index (Phi) is 73.2. The molecule has 0 rings (SSSR count). The molecule has 0 aliphatic carbocycles. The van der Waals surface area contributed by atoms with Gasteiger partial charge < -0.3 is 34.2 Å². The number of unbranched alkanes of at least 4 members (excludes halogenated alkanes) is 25. The number of phosphoric acid groups is 2. The highest BCUT2D eigenvalue weighted by Crippen LogP contribution is 2.45. The molecule has 0 spiro atoms. The van der Waals surface area contributed by atoms with Crippen molar-refractivity contribution in [3.05, 3.63) is 158 Å². The monoisotopic (exact) mass is 1480 g/mol. The summed E-state index contributed by atoms with van der Waals surface area (Å²) in [5.41, 5.74) is 0. The van der Waals surface area contributed by atoms with Crippen LogP contribution in [0, 0.1) is 0 Å². The number of ether oxygens (including phenoxy) is 3. The van der Waals surface area contributed by atoms with Gasteiger partial charge in [-0.05, 0) is 141 Å². The molecular formula is C85H142O16P2. The Hall–Kier alpha value is -4.83. The van der Waals surface area contributed by atoms with Crippen LogP contribution < -0.4 is 0 Å². The number of aliphatic hydroxyl groups excluding tert-OH is 2. The van der Waals surface area contributed by atoms with Gasteiger partial charge in [-0.15, -0.1) is 0 Å². The van der Waals surface area contributed by atoms with Crippen LogP contribution in [0.4, 0.5) is 0 Å². The Bertz CT molecular complexity index is 2500. The SMILES string of the molecule is CC/C=C\C/C=C\C/C=C\C/C=C\C/C=C\C/C=C\CCCCCCCCCCCCCCCCC(=O)OCC(O)COP(=O)(O)OCC(O)COP(=O)(O)OCC(COC(=O)CCCCCCCC/C=C\C/C=C\C/C=C\C/C=C\CC)OC(=O)CCCCCCC/C=C\C/C=C\C/C=C\CC. The average molecular weight is 1480 g/mol. The minimum absolute atomic E-state index is 0.0778.